The quantitative estimate of drug-likeness (QED) is 0.679. The lowest BCUT2D eigenvalue weighted by molar-refractivity contribution is 0.0695. The number of carboxylic acid groups (broad SMARTS) is 1. The largest absolute Gasteiger partial charge is 0.477 e. The van der Waals surface area contributed by atoms with Crippen molar-refractivity contribution in [2.75, 3.05) is 31.1 Å². The summed E-state index contributed by atoms with van der Waals surface area (Å²) in [5.41, 5.74) is 0.872. The lowest BCUT2D eigenvalue weighted by Crippen LogP contribution is -2.28. The van der Waals surface area contributed by atoms with Gasteiger partial charge < -0.3 is 19.9 Å². The van der Waals surface area contributed by atoms with Gasteiger partial charge in [0.05, 0.1) is 17.3 Å². The molecule has 1 saturated carbocycles. The van der Waals surface area contributed by atoms with E-state index in [1.807, 2.05) is 16.4 Å². The molecule has 0 bridgehead atoms. The number of rotatable bonds is 7. The van der Waals surface area contributed by atoms with Crippen molar-refractivity contribution < 1.29 is 14.3 Å². The molecule has 2 aliphatic rings. The van der Waals surface area contributed by atoms with Gasteiger partial charge in [0.15, 0.2) is 0 Å². The lowest BCUT2D eigenvalue weighted by Gasteiger charge is -2.24. The highest BCUT2D eigenvalue weighted by atomic mass is 19.1. The van der Waals surface area contributed by atoms with Crippen molar-refractivity contribution in [2.45, 2.75) is 38.6 Å². The Balaban J connectivity index is 1.71. The highest BCUT2D eigenvalue weighted by Gasteiger charge is 2.31. The van der Waals surface area contributed by atoms with Gasteiger partial charge in [-0.25, -0.2) is 9.18 Å². The standard InChI is InChI=1S/C22H25FN4O3/c1-13-19-16(21(28)17(22(29)30)12-27(19)15-3-4-15)9-18(23)20(13)26-8-5-14(11-26)10-25-7-2-6-24/h9,12,14-15,25H,2-5,7-8,10-11H2,1H3,(H,29,30). The third kappa shape index (κ3) is 3.65. The molecule has 1 atom stereocenters. The molecule has 158 valence electrons. The topological polar surface area (TPSA) is 98.4 Å². The first-order chi connectivity index (χ1) is 14.4. The highest BCUT2D eigenvalue weighted by molar-refractivity contribution is 5.95. The maximum absolute atomic E-state index is 15.2. The third-order valence-electron chi connectivity index (χ3n) is 6.10. The molecule has 1 saturated heterocycles. The first-order valence-corrected chi connectivity index (χ1v) is 10.4. The number of aromatic carboxylic acids is 1. The molecular formula is C22H25FN4O3. The Bertz CT molecular complexity index is 1100. The third-order valence-corrected chi connectivity index (χ3v) is 6.10. The zero-order valence-electron chi connectivity index (χ0n) is 16.9. The number of carbonyl (C=O) groups is 1. The minimum Gasteiger partial charge on any atom is -0.477 e. The zero-order chi connectivity index (χ0) is 21.4. The van der Waals surface area contributed by atoms with Crippen LogP contribution in [0, 0.1) is 30.0 Å². The van der Waals surface area contributed by atoms with E-state index in [2.05, 4.69) is 11.4 Å². The van der Waals surface area contributed by atoms with Crippen molar-refractivity contribution in [3.05, 3.63) is 39.4 Å². The molecule has 30 heavy (non-hydrogen) atoms. The molecule has 4 rings (SSSR count). The van der Waals surface area contributed by atoms with Gasteiger partial charge in [-0.2, -0.15) is 5.26 Å². The van der Waals surface area contributed by atoms with Crippen molar-refractivity contribution in [3.8, 4) is 6.07 Å². The van der Waals surface area contributed by atoms with Crippen LogP contribution >= 0.6 is 0 Å². The van der Waals surface area contributed by atoms with E-state index in [-0.39, 0.29) is 17.0 Å². The van der Waals surface area contributed by atoms with Gasteiger partial charge in [-0.15, -0.1) is 0 Å². The van der Waals surface area contributed by atoms with Crippen LogP contribution in [0.1, 0.15) is 47.6 Å². The number of fused-ring (bicyclic) bond motifs is 1. The van der Waals surface area contributed by atoms with Crippen LogP contribution in [0.15, 0.2) is 17.1 Å². The van der Waals surface area contributed by atoms with Crippen LogP contribution in [0.2, 0.25) is 0 Å². The van der Waals surface area contributed by atoms with E-state index >= 15 is 4.39 Å². The predicted octanol–water partition coefficient (Wildman–Crippen LogP) is 2.81. The molecule has 0 spiro atoms. The number of nitrogens with one attached hydrogen (secondary N) is 1. The van der Waals surface area contributed by atoms with Crippen LogP contribution < -0.4 is 15.6 Å². The van der Waals surface area contributed by atoms with Crippen LogP contribution in [-0.4, -0.2) is 41.8 Å². The summed E-state index contributed by atoms with van der Waals surface area (Å²) < 4.78 is 17.0. The normalized spacial score (nSPS) is 18.7. The molecular weight excluding hydrogens is 387 g/mol. The summed E-state index contributed by atoms with van der Waals surface area (Å²) >= 11 is 0. The monoisotopic (exact) mass is 412 g/mol. The Kier molecular flexibility index (Phi) is 5.48. The second-order valence-corrected chi connectivity index (χ2v) is 8.26. The Morgan fingerprint density at radius 3 is 2.83 bits per heavy atom. The molecule has 0 radical (unpaired) electrons. The molecule has 1 unspecified atom stereocenters. The van der Waals surface area contributed by atoms with Gasteiger partial charge in [0.2, 0.25) is 5.43 Å². The summed E-state index contributed by atoms with van der Waals surface area (Å²) in [7, 11) is 0. The fourth-order valence-electron chi connectivity index (χ4n) is 4.50. The molecule has 7 nitrogen and oxygen atoms in total. The van der Waals surface area contributed by atoms with Crippen molar-refractivity contribution >= 4 is 22.6 Å². The number of nitriles is 1. The molecule has 1 aliphatic heterocycles. The smallest absolute Gasteiger partial charge is 0.341 e. The van der Waals surface area contributed by atoms with E-state index in [0.29, 0.717) is 48.7 Å². The van der Waals surface area contributed by atoms with Crippen LogP contribution in [0.5, 0.6) is 0 Å². The van der Waals surface area contributed by atoms with Crippen LogP contribution in [0.3, 0.4) is 0 Å². The Morgan fingerprint density at radius 2 is 2.17 bits per heavy atom. The number of carboxylic acids is 1. The van der Waals surface area contributed by atoms with E-state index in [9.17, 15) is 14.7 Å². The van der Waals surface area contributed by atoms with E-state index < -0.39 is 17.2 Å². The lowest BCUT2D eigenvalue weighted by atomic mass is 10.0. The Hall–Kier alpha value is -2.92. The van der Waals surface area contributed by atoms with E-state index in [0.717, 1.165) is 25.8 Å². The molecule has 1 aromatic carbocycles. The summed E-state index contributed by atoms with van der Waals surface area (Å²) in [6, 6.07) is 3.47. The first-order valence-electron chi connectivity index (χ1n) is 10.4. The number of pyridine rings is 1. The number of aromatic nitrogens is 1. The van der Waals surface area contributed by atoms with Crippen molar-refractivity contribution in [2.24, 2.45) is 5.92 Å². The average Bonchev–Trinajstić information content (AvgIpc) is 3.45. The Morgan fingerprint density at radius 1 is 1.40 bits per heavy atom. The maximum Gasteiger partial charge on any atom is 0.341 e. The maximum atomic E-state index is 15.2. The van der Waals surface area contributed by atoms with Crippen molar-refractivity contribution in [1.29, 1.82) is 5.26 Å². The molecule has 8 heteroatoms. The number of hydrogen-bond acceptors (Lipinski definition) is 5. The number of benzene rings is 1. The van der Waals surface area contributed by atoms with Gasteiger partial charge in [0.25, 0.3) is 0 Å². The number of anilines is 1. The number of nitrogens with zero attached hydrogens (tertiary/aromatic N) is 3. The van der Waals surface area contributed by atoms with Crippen molar-refractivity contribution in [1.82, 2.24) is 9.88 Å². The van der Waals surface area contributed by atoms with Crippen molar-refractivity contribution in [3.63, 3.8) is 0 Å². The number of halogens is 1. The predicted molar refractivity (Wildman–Crippen MR) is 112 cm³/mol. The minimum absolute atomic E-state index is 0.134. The molecule has 2 N–H and O–H groups in total. The van der Waals surface area contributed by atoms with Gasteiger partial charge >= 0.3 is 5.97 Å². The molecule has 2 aromatic rings. The van der Waals surface area contributed by atoms with Crippen LogP contribution in [-0.2, 0) is 0 Å². The molecule has 0 amide bonds. The summed E-state index contributed by atoms with van der Waals surface area (Å²) in [5.74, 6) is -1.41. The summed E-state index contributed by atoms with van der Waals surface area (Å²) in [6.45, 7) is 4.66. The van der Waals surface area contributed by atoms with Crippen LogP contribution in [0.25, 0.3) is 10.9 Å². The van der Waals surface area contributed by atoms with Crippen LogP contribution in [0.4, 0.5) is 10.1 Å². The average molecular weight is 412 g/mol. The zero-order valence-corrected chi connectivity index (χ0v) is 16.9. The summed E-state index contributed by atoms with van der Waals surface area (Å²) in [4.78, 5) is 26.3. The second kappa shape index (κ2) is 8.07. The van der Waals surface area contributed by atoms with Gasteiger partial charge in [-0.05, 0) is 50.3 Å². The number of hydrogen-bond donors (Lipinski definition) is 2. The van der Waals surface area contributed by atoms with Gasteiger partial charge in [-0.1, -0.05) is 0 Å². The number of aryl methyl sites for hydroxylation is 1. The highest BCUT2D eigenvalue weighted by Crippen LogP contribution is 2.40. The SMILES string of the molecule is Cc1c(N2CCC(CNCCC#N)C2)c(F)cc2c(=O)c(C(=O)O)cn(C3CC3)c12. The summed E-state index contributed by atoms with van der Waals surface area (Å²) in [5, 5.41) is 21.5. The second-order valence-electron chi connectivity index (χ2n) is 8.26. The molecule has 1 aliphatic carbocycles. The van der Waals surface area contributed by atoms with Gasteiger partial charge in [-0.3, -0.25) is 4.79 Å². The molecule has 2 fully saturated rings. The van der Waals surface area contributed by atoms with E-state index in [1.165, 1.54) is 12.3 Å². The molecule has 2 heterocycles. The fraction of sp³-hybridized carbons (Fsp3) is 0.500. The first kappa shape index (κ1) is 20.4. The van der Waals surface area contributed by atoms with E-state index in [4.69, 9.17) is 5.26 Å². The summed E-state index contributed by atoms with van der Waals surface area (Å²) in [6.07, 6.45) is 4.65. The van der Waals surface area contributed by atoms with E-state index in [1.54, 1.807) is 0 Å². The Labute approximate surface area is 173 Å². The molecule has 1 aromatic heterocycles. The van der Waals surface area contributed by atoms with Gasteiger partial charge in [0, 0.05) is 43.7 Å². The fourth-order valence-corrected chi connectivity index (χ4v) is 4.50. The minimum atomic E-state index is -1.29. The van der Waals surface area contributed by atoms with Gasteiger partial charge in [0.1, 0.15) is 11.4 Å².